The molecule has 31 heavy (non-hydrogen) atoms. The quantitative estimate of drug-likeness (QED) is 0.625. The predicted octanol–water partition coefficient (Wildman–Crippen LogP) is 1.48. The number of methoxy groups -OCH3 is 2. The number of hydrogen-bond acceptors (Lipinski definition) is 5. The molecule has 2 atom stereocenters. The van der Waals surface area contributed by atoms with Crippen molar-refractivity contribution in [1.29, 1.82) is 0 Å². The Hall–Kier alpha value is -3.39. The van der Waals surface area contributed by atoms with E-state index < -0.39 is 12.0 Å². The zero-order valence-corrected chi connectivity index (χ0v) is 17.9. The lowest BCUT2D eigenvalue weighted by atomic mass is 9.79. The zero-order chi connectivity index (χ0) is 22.4. The second-order valence-corrected chi connectivity index (χ2v) is 7.26. The second kappa shape index (κ2) is 10.1. The van der Waals surface area contributed by atoms with Gasteiger partial charge in [-0.1, -0.05) is 30.3 Å². The topological polar surface area (TPSA) is 97.0 Å². The Labute approximate surface area is 181 Å². The van der Waals surface area contributed by atoms with E-state index in [4.69, 9.17) is 9.47 Å². The monoisotopic (exact) mass is 425 g/mol. The highest BCUT2D eigenvalue weighted by molar-refractivity contribution is 6.01. The highest BCUT2D eigenvalue weighted by Gasteiger charge is 2.42. The van der Waals surface area contributed by atoms with E-state index in [0.29, 0.717) is 30.0 Å². The number of likely N-dealkylation sites (N-methyl/N-ethyl adjacent to an activating group) is 1. The molecule has 2 aromatic carbocycles. The Kier molecular flexibility index (Phi) is 7.25. The van der Waals surface area contributed by atoms with Crippen molar-refractivity contribution in [2.75, 3.05) is 41.0 Å². The molecule has 1 heterocycles. The third kappa shape index (κ3) is 4.86. The molecule has 0 radical (unpaired) electrons. The smallest absolute Gasteiger partial charge is 0.254 e. The van der Waals surface area contributed by atoms with Gasteiger partial charge in [0.2, 0.25) is 11.8 Å². The summed E-state index contributed by atoms with van der Waals surface area (Å²) in [6.07, 6.45) is 0. The summed E-state index contributed by atoms with van der Waals surface area (Å²) < 4.78 is 10.1. The third-order valence-electron chi connectivity index (χ3n) is 5.37. The van der Waals surface area contributed by atoms with Crippen molar-refractivity contribution in [2.45, 2.75) is 12.0 Å². The summed E-state index contributed by atoms with van der Waals surface area (Å²) in [5.41, 5.74) is 1.93. The first-order chi connectivity index (χ1) is 15.0. The van der Waals surface area contributed by atoms with Crippen LogP contribution < -0.4 is 15.4 Å². The lowest BCUT2D eigenvalue weighted by Gasteiger charge is -2.39. The molecule has 0 saturated carbocycles. The molecule has 0 unspecified atom stereocenters. The summed E-state index contributed by atoms with van der Waals surface area (Å²) in [5, 5.41) is 5.40. The molecule has 8 nitrogen and oxygen atoms in total. The van der Waals surface area contributed by atoms with E-state index in [-0.39, 0.29) is 24.3 Å². The first kappa shape index (κ1) is 22.3. The fourth-order valence-corrected chi connectivity index (χ4v) is 3.81. The fraction of sp³-hybridized carbons (Fsp3) is 0.348. The molecule has 2 aromatic rings. The Morgan fingerprint density at radius 1 is 1.03 bits per heavy atom. The average molecular weight is 425 g/mol. The van der Waals surface area contributed by atoms with Gasteiger partial charge in [-0.15, -0.1) is 0 Å². The molecule has 164 valence electrons. The number of nitrogens with zero attached hydrogens (tertiary/aromatic N) is 1. The van der Waals surface area contributed by atoms with Gasteiger partial charge in [0.15, 0.2) is 0 Å². The minimum Gasteiger partial charge on any atom is -0.497 e. The maximum atomic E-state index is 13.3. The number of benzene rings is 2. The number of hydrogen-bond donors (Lipinski definition) is 2. The first-order valence-electron chi connectivity index (χ1n) is 10.0. The minimum absolute atomic E-state index is 0.155. The van der Waals surface area contributed by atoms with Gasteiger partial charge in [-0.3, -0.25) is 14.4 Å². The summed E-state index contributed by atoms with van der Waals surface area (Å²) in [6.45, 7) is 0.597. The summed E-state index contributed by atoms with van der Waals surface area (Å²) >= 11 is 0. The number of ether oxygens (including phenoxy) is 2. The molecule has 0 aromatic heterocycles. The zero-order valence-electron chi connectivity index (χ0n) is 17.9. The Bertz CT molecular complexity index is 944. The highest BCUT2D eigenvalue weighted by atomic mass is 16.5. The summed E-state index contributed by atoms with van der Waals surface area (Å²) in [5.74, 6) is -0.769. The van der Waals surface area contributed by atoms with Gasteiger partial charge in [-0.2, -0.15) is 0 Å². The van der Waals surface area contributed by atoms with Crippen LogP contribution in [0.1, 0.15) is 33.4 Å². The van der Waals surface area contributed by atoms with E-state index in [1.807, 2.05) is 12.1 Å². The van der Waals surface area contributed by atoms with Crippen molar-refractivity contribution in [3.05, 3.63) is 65.2 Å². The van der Waals surface area contributed by atoms with Crippen molar-refractivity contribution in [2.24, 2.45) is 0 Å². The summed E-state index contributed by atoms with van der Waals surface area (Å²) in [6, 6.07) is 13.9. The molecular weight excluding hydrogens is 398 g/mol. The Balaban J connectivity index is 1.89. The Morgan fingerprint density at radius 3 is 2.42 bits per heavy atom. The van der Waals surface area contributed by atoms with E-state index >= 15 is 0 Å². The molecule has 3 rings (SSSR count). The third-order valence-corrected chi connectivity index (χ3v) is 5.37. The van der Waals surface area contributed by atoms with Gasteiger partial charge < -0.3 is 25.0 Å². The minimum atomic E-state index is -0.668. The molecule has 0 bridgehead atoms. The maximum Gasteiger partial charge on any atom is 0.254 e. The van der Waals surface area contributed by atoms with E-state index in [9.17, 15) is 14.4 Å². The largest absolute Gasteiger partial charge is 0.497 e. The van der Waals surface area contributed by atoms with Crippen LogP contribution in [-0.2, 0) is 14.3 Å². The van der Waals surface area contributed by atoms with Crippen LogP contribution in [-0.4, -0.2) is 63.6 Å². The SMILES string of the molecule is COCCNC(=O)CNC(=O)[C@H]1c2ccccc2C(=O)N(C)[C@@H]1c1ccc(OC)cc1. The van der Waals surface area contributed by atoms with Crippen molar-refractivity contribution in [3.63, 3.8) is 0 Å². The molecular formula is C23H27N3O5. The molecule has 1 aliphatic heterocycles. The standard InChI is InChI=1S/C23H27N3O5/c1-26-21(15-8-10-16(31-3)11-9-15)20(17-6-4-5-7-18(17)23(26)29)22(28)25-14-19(27)24-12-13-30-2/h4-11,20-21H,12-14H2,1-3H3,(H,24,27)(H,25,28)/t20-,21+/m0/s1. The van der Waals surface area contributed by atoms with Gasteiger partial charge in [0.25, 0.3) is 5.91 Å². The number of fused-ring (bicyclic) bond motifs is 1. The Morgan fingerprint density at radius 2 is 1.74 bits per heavy atom. The number of carbonyl (C=O) groups is 3. The predicted molar refractivity (Wildman–Crippen MR) is 115 cm³/mol. The van der Waals surface area contributed by atoms with Gasteiger partial charge in [-0.25, -0.2) is 0 Å². The van der Waals surface area contributed by atoms with Crippen LogP contribution in [0, 0.1) is 0 Å². The van der Waals surface area contributed by atoms with E-state index in [1.165, 1.54) is 0 Å². The lowest BCUT2D eigenvalue weighted by Crippen LogP contribution is -2.47. The molecule has 3 amide bonds. The van der Waals surface area contributed by atoms with Crippen molar-refractivity contribution in [1.82, 2.24) is 15.5 Å². The van der Waals surface area contributed by atoms with E-state index in [1.54, 1.807) is 62.6 Å². The molecule has 2 N–H and O–H groups in total. The van der Waals surface area contributed by atoms with Crippen molar-refractivity contribution in [3.8, 4) is 5.75 Å². The van der Waals surface area contributed by atoms with Crippen LogP contribution in [0.15, 0.2) is 48.5 Å². The molecule has 0 saturated heterocycles. The summed E-state index contributed by atoms with van der Waals surface area (Å²) in [4.78, 5) is 39.9. The van der Waals surface area contributed by atoms with Gasteiger partial charge in [0.1, 0.15) is 5.75 Å². The normalized spacial score (nSPS) is 17.6. The summed E-state index contributed by atoms with van der Waals surface area (Å²) in [7, 11) is 4.81. The van der Waals surface area contributed by atoms with Gasteiger partial charge in [0, 0.05) is 26.3 Å². The van der Waals surface area contributed by atoms with Crippen LogP contribution in [0.5, 0.6) is 5.75 Å². The molecule has 8 heteroatoms. The molecule has 0 spiro atoms. The van der Waals surface area contributed by atoms with Gasteiger partial charge in [0.05, 0.1) is 32.2 Å². The number of carbonyl (C=O) groups excluding carboxylic acids is 3. The van der Waals surface area contributed by atoms with Crippen LogP contribution in [0.3, 0.4) is 0 Å². The number of rotatable bonds is 8. The first-order valence-corrected chi connectivity index (χ1v) is 10.0. The fourth-order valence-electron chi connectivity index (χ4n) is 3.81. The van der Waals surface area contributed by atoms with Crippen LogP contribution in [0.4, 0.5) is 0 Å². The van der Waals surface area contributed by atoms with Crippen molar-refractivity contribution < 1.29 is 23.9 Å². The second-order valence-electron chi connectivity index (χ2n) is 7.26. The maximum absolute atomic E-state index is 13.3. The van der Waals surface area contributed by atoms with Crippen LogP contribution in [0.25, 0.3) is 0 Å². The van der Waals surface area contributed by atoms with Gasteiger partial charge in [-0.05, 0) is 29.3 Å². The van der Waals surface area contributed by atoms with Gasteiger partial charge >= 0.3 is 0 Å². The lowest BCUT2D eigenvalue weighted by molar-refractivity contribution is -0.128. The molecule has 0 fully saturated rings. The molecule has 1 aliphatic rings. The van der Waals surface area contributed by atoms with Crippen molar-refractivity contribution >= 4 is 17.7 Å². The molecule has 0 aliphatic carbocycles. The van der Waals surface area contributed by atoms with E-state index in [0.717, 1.165) is 5.56 Å². The van der Waals surface area contributed by atoms with Crippen LogP contribution >= 0.6 is 0 Å². The average Bonchev–Trinajstić information content (AvgIpc) is 2.80. The number of amides is 3. The van der Waals surface area contributed by atoms with E-state index in [2.05, 4.69) is 10.6 Å². The highest BCUT2D eigenvalue weighted by Crippen LogP contribution is 2.42. The number of nitrogens with one attached hydrogen (secondary N) is 2. The van der Waals surface area contributed by atoms with Crippen LogP contribution in [0.2, 0.25) is 0 Å².